The van der Waals surface area contributed by atoms with Gasteiger partial charge in [0.1, 0.15) is 0 Å². The molecule has 2 unspecified atom stereocenters. The van der Waals surface area contributed by atoms with Crippen molar-refractivity contribution in [3.63, 3.8) is 0 Å². The lowest BCUT2D eigenvalue weighted by atomic mass is 9.86. The van der Waals surface area contributed by atoms with Crippen molar-refractivity contribution < 1.29 is 34.9 Å². The quantitative estimate of drug-likeness (QED) is 0.196. The smallest absolute Gasteiger partial charge is 0.389 e. The Morgan fingerprint density at radius 3 is 1.64 bits per heavy atom. The van der Waals surface area contributed by atoms with E-state index in [1.165, 1.54) is 0 Å². The second-order valence-corrected chi connectivity index (χ2v) is 20.0. The maximum absolute atomic E-state index is 14.0. The number of alkyl halides is 3. The number of hydrogen-bond donors (Lipinski definition) is 0. The molecule has 1 aromatic carbocycles. The van der Waals surface area contributed by atoms with Gasteiger partial charge in [0.05, 0.1) is 5.60 Å². The third-order valence-corrected chi connectivity index (χ3v) is 16.4. The zero-order valence-corrected chi connectivity index (χ0v) is 23.4. The van der Waals surface area contributed by atoms with Crippen LogP contribution in [0.2, 0.25) is 30.2 Å². The Balaban J connectivity index is 3.44. The molecule has 10 heteroatoms. The molecule has 0 amide bonds. The molecular formula is C23H38F6O2Si2. The highest BCUT2D eigenvalue weighted by molar-refractivity contribution is 6.85. The number of halogens is 6. The van der Waals surface area contributed by atoms with E-state index in [1.807, 2.05) is 27.3 Å². The summed E-state index contributed by atoms with van der Waals surface area (Å²) in [5.74, 6) is -4.09. The monoisotopic (exact) mass is 516 g/mol. The van der Waals surface area contributed by atoms with Crippen molar-refractivity contribution in [3.8, 4) is 0 Å². The molecule has 0 aromatic heterocycles. The highest BCUT2D eigenvalue weighted by Gasteiger charge is 2.52. The second kappa shape index (κ2) is 9.66. The van der Waals surface area contributed by atoms with Gasteiger partial charge in [-0.3, -0.25) is 0 Å². The first-order valence-electron chi connectivity index (χ1n) is 11.0. The lowest BCUT2D eigenvalue weighted by molar-refractivity contribution is -0.132. The van der Waals surface area contributed by atoms with Gasteiger partial charge in [-0.2, -0.15) is 13.2 Å². The molecule has 0 saturated carbocycles. The Labute approximate surface area is 196 Å². The zero-order valence-electron chi connectivity index (χ0n) is 21.4. The predicted molar refractivity (Wildman–Crippen MR) is 125 cm³/mol. The summed E-state index contributed by atoms with van der Waals surface area (Å²) in [4.78, 5) is 0. The third kappa shape index (κ3) is 8.70. The van der Waals surface area contributed by atoms with Crippen molar-refractivity contribution in [2.24, 2.45) is 0 Å². The summed E-state index contributed by atoms with van der Waals surface area (Å²) in [6.45, 7) is 18.3. The van der Waals surface area contributed by atoms with E-state index in [0.717, 1.165) is 12.1 Å². The molecule has 192 valence electrons. The van der Waals surface area contributed by atoms with Crippen LogP contribution in [0.4, 0.5) is 26.3 Å². The topological polar surface area (TPSA) is 18.5 Å². The van der Waals surface area contributed by atoms with Crippen molar-refractivity contribution in [3.05, 3.63) is 35.1 Å². The van der Waals surface area contributed by atoms with Crippen LogP contribution in [-0.4, -0.2) is 28.7 Å². The maximum Gasteiger partial charge on any atom is 0.389 e. The molecule has 0 radical (unpaired) electrons. The summed E-state index contributed by atoms with van der Waals surface area (Å²) < 4.78 is 93.6. The van der Waals surface area contributed by atoms with E-state index in [1.54, 1.807) is 41.2 Å². The lowest BCUT2D eigenvalue weighted by Gasteiger charge is -2.49. The van der Waals surface area contributed by atoms with E-state index in [-0.39, 0.29) is 11.6 Å². The van der Waals surface area contributed by atoms with Gasteiger partial charge < -0.3 is 8.54 Å². The van der Waals surface area contributed by atoms with Gasteiger partial charge in [0, 0.05) is 6.42 Å². The minimum atomic E-state index is -4.35. The van der Waals surface area contributed by atoms with Gasteiger partial charge in [-0.05, 0) is 74.1 Å². The Kier molecular flexibility index (Phi) is 8.84. The summed E-state index contributed by atoms with van der Waals surface area (Å²) in [7, 11) is -6.26. The van der Waals surface area contributed by atoms with Crippen LogP contribution in [0.5, 0.6) is 0 Å². The SMILES string of the molecule is CC(C)(C)O[Si](C)(CCC(F)(F)F)O[Si](C)(CC(C)(C)c1cc(F)c(F)c(F)c1)C(C)(C)C. The average Bonchev–Trinajstić information content (AvgIpc) is 2.53. The van der Waals surface area contributed by atoms with Crippen molar-refractivity contribution in [1.29, 1.82) is 0 Å². The number of rotatable bonds is 8. The Bertz CT molecular complexity index is 807. The van der Waals surface area contributed by atoms with Crippen LogP contribution in [0.1, 0.15) is 67.4 Å². The molecule has 1 aromatic rings. The minimum Gasteiger partial charge on any atom is -0.435 e. The van der Waals surface area contributed by atoms with E-state index in [9.17, 15) is 26.3 Å². The van der Waals surface area contributed by atoms with Gasteiger partial charge in [-0.1, -0.05) is 34.6 Å². The molecule has 0 heterocycles. The molecule has 0 N–H and O–H groups in total. The first-order valence-corrected chi connectivity index (χ1v) is 16.2. The van der Waals surface area contributed by atoms with Crippen LogP contribution in [0.15, 0.2) is 12.1 Å². The molecule has 33 heavy (non-hydrogen) atoms. The normalized spacial score (nSPS) is 17.6. The molecule has 2 nitrogen and oxygen atoms in total. The second-order valence-electron chi connectivity index (χ2n) is 11.9. The Hall–Kier alpha value is -0.846. The van der Waals surface area contributed by atoms with Crippen LogP contribution >= 0.6 is 0 Å². The van der Waals surface area contributed by atoms with E-state index in [4.69, 9.17) is 8.54 Å². The average molecular weight is 517 g/mol. The van der Waals surface area contributed by atoms with Gasteiger partial charge in [-0.15, -0.1) is 0 Å². The van der Waals surface area contributed by atoms with E-state index < -0.39 is 63.0 Å². The largest absolute Gasteiger partial charge is 0.435 e. The molecule has 2 atom stereocenters. The molecule has 0 fully saturated rings. The molecule has 0 aliphatic rings. The molecular weight excluding hydrogens is 478 g/mol. The Morgan fingerprint density at radius 2 is 1.27 bits per heavy atom. The first-order chi connectivity index (χ1) is 14.4. The molecule has 0 saturated heterocycles. The van der Waals surface area contributed by atoms with Crippen molar-refractivity contribution in [2.75, 3.05) is 0 Å². The molecule has 0 aliphatic heterocycles. The number of hydrogen-bond acceptors (Lipinski definition) is 2. The zero-order chi connectivity index (χ0) is 26.3. The highest BCUT2D eigenvalue weighted by Crippen LogP contribution is 2.48. The van der Waals surface area contributed by atoms with Crippen molar-refractivity contribution >= 4 is 16.9 Å². The molecule has 0 spiro atoms. The summed E-state index contributed by atoms with van der Waals surface area (Å²) in [5, 5.41) is -0.435. The fourth-order valence-electron chi connectivity index (χ4n) is 3.96. The third-order valence-electron chi connectivity index (χ3n) is 5.96. The van der Waals surface area contributed by atoms with Gasteiger partial charge in [0.2, 0.25) is 0 Å². The summed E-state index contributed by atoms with van der Waals surface area (Å²) in [6, 6.07) is 2.03. The maximum atomic E-state index is 14.0. The number of benzene rings is 1. The van der Waals surface area contributed by atoms with Crippen molar-refractivity contribution in [2.45, 2.75) is 109 Å². The van der Waals surface area contributed by atoms with Crippen LogP contribution in [-0.2, 0) is 14.0 Å². The summed E-state index contributed by atoms with van der Waals surface area (Å²) >= 11 is 0. The molecule has 0 bridgehead atoms. The minimum absolute atomic E-state index is 0.257. The van der Waals surface area contributed by atoms with Crippen LogP contribution in [0, 0.1) is 17.5 Å². The molecule has 0 aliphatic carbocycles. The van der Waals surface area contributed by atoms with Gasteiger partial charge in [0.15, 0.2) is 25.8 Å². The first kappa shape index (κ1) is 30.2. The summed E-state index contributed by atoms with van der Waals surface area (Å²) in [5.41, 5.74) is -1.27. The van der Waals surface area contributed by atoms with Crippen LogP contribution < -0.4 is 0 Å². The van der Waals surface area contributed by atoms with Crippen molar-refractivity contribution in [1.82, 2.24) is 0 Å². The summed E-state index contributed by atoms with van der Waals surface area (Å²) in [6.07, 6.45) is -5.36. The fourth-order valence-corrected chi connectivity index (χ4v) is 14.4. The van der Waals surface area contributed by atoms with E-state index >= 15 is 0 Å². The predicted octanol–water partition coefficient (Wildman–Crippen LogP) is 8.61. The van der Waals surface area contributed by atoms with Gasteiger partial charge >= 0.3 is 14.7 Å². The lowest BCUT2D eigenvalue weighted by Crippen LogP contribution is -2.58. The van der Waals surface area contributed by atoms with E-state index in [2.05, 4.69) is 0 Å². The standard InChI is InChI=1S/C23H38F6O2Si2/c1-20(2,3)30-33(10,12-11-23(27,28)29)31-32(9,21(4,5)6)15-22(7,8)16-13-17(24)19(26)18(25)14-16/h13-14H,11-12,15H2,1-10H3. The van der Waals surface area contributed by atoms with E-state index in [0.29, 0.717) is 6.04 Å². The molecule has 1 rings (SSSR count). The van der Waals surface area contributed by atoms with Crippen LogP contribution in [0.25, 0.3) is 0 Å². The van der Waals surface area contributed by atoms with Gasteiger partial charge in [-0.25, -0.2) is 13.2 Å². The Morgan fingerprint density at radius 1 is 0.818 bits per heavy atom. The highest BCUT2D eigenvalue weighted by atomic mass is 28.4. The fraction of sp³-hybridized carbons (Fsp3) is 0.739. The van der Waals surface area contributed by atoms with Crippen LogP contribution in [0.3, 0.4) is 0 Å². The van der Waals surface area contributed by atoms with Gasteiger partial charge in [0.25, 0.3) is 0 Å².